The average molecular weight is 259 g/mol. The van der Waals surface area contributed by atoms with Crippen molar-refractivity contribution in [2.75, 3.05) is 4.72 Å². The Bertz CT molecular complexity index is 582. The number of nitrogens with one attached hydrogen (secondary N) is 2. The van der Waals surface area contributed by atoms with E-state index in [1.165, 1.54) is 30.9 Å². The predicted molar refractivity (Wildman–Crippen MR) is 58.6 cm³/mol. The molecule has 0 saturated carbocycles. The molecule has 8 heteroatoms. The fourth-order valence-electron chi connectivity index (χ4n) is 1.06. The molecule has 2 N–H and O–H groups in total. The molecule has 2 aromatic rings. The highest BCUT2D eigenvalue weighted by atomic mass is 35.5. The van der Waals surface area contributed by atoms with Gasteiger partial charge in [-0.05, 0) is 6.07 Å². The summed E-state index contributed by atoms with van der Waals surface area (Å²) in [5.74, 6) is 0.0775. The highest BCUT2D eigenvalue weighted by Gasteiger charge is 2.15. The minimum absolute atomic E-state index is 0.0775. The Kier molecular flexibility index (Phi) is 2.80. The summed E-state index contributed by atoms with van der Waals surface area (Å²) in [5, 5.41) is 0.120. The molecule has 0 saturated heterocycles. The van der Waals surface area contributed by atoms with E-state index < -0.39 is 10.0 Å². The van der Waals surface area contributed by atoms with Crippen molar-refractivity contribution in [2.24, 2.45) is 0 Å². The lowest BCUT2D eigenvalue weighted by Gasteiger charge is -2.04. The summed E-state index contributed by atoms with van der Waals surface area (Å²) in [6.45, 7) is 0. The van der Waals surface area contributed by atoms with Crippen molar-refractivity contribution in [3.05, 3.63) is 36.0 Å². The molecule has 0 radical (unpaired) electrons. The van der Waals surface area contributed by atoms with E-state index in [1.54, 1.807) is 0 Å². The Morgan fingerprint density at radius 2 is 2.19 bits per heavy atom. The Labute approximate surface area is 96.8 Å². The third kappa shape index (κ3) is 2.31. The van der Waals surface area contributed by atoms with Crippen LogP contribution in [0.25, 0.3) is 0 Å². The Balaban J connectivity index is 2.29. The number of hydrogen-bond acceptors (Lipinski definition) is 4. The van der Waals surface area contributed by atoms with Crippen LogP contribution in [0.15, 0.2) is 35.7 Å². The molecule has 2 aromatic heterocycles. The first kappa shape index (κ1) is 10.9. The largest absolute Gasteiger partial charge is 0.366 e. The molecule has 0 amide bonds. The number of anilines is 1. The lowest BCUT2D eigenvalue weighted by Crippen LogP contribution is -2.13. The molecule has 2 heterocycles. The molecule has 6 nitrogen and oxygen atoms in total. The molecule has 0 atom stereocenters. The zero-order valence-electron chi connectivity index (χ0n) is 7.88. The number of sulfonamides is 1. The normalized spacial score (nSPS) is 11.3. The van der Waals surface area contributed by atoms with Crippen LogP contribution in [0.5, 0.6) is 0 Å². The van der Waals surface area contributed by atoms with Crippen LogP contribution in [0.4, 0.5) is 5.82 Å². The molecule has 0 spiro atoms. The summed E-state index contributed by atoms with van der Waals surface area (Å²) < 4.78 is 25.7. The van der Waals surface area contributed by atoms with E-state index in [4.69, 9.17) is 11.6 Å². The van der Waals surface area contributed by atoms with E-state index in [-0.39, 0.29) is 15.9 Å². The van der Waals surface area contributed by atoms with E-state index in [2.05, 4.69) is 19.7 Å². The molecule has 0 aliphatic heterocycles. The summed E-state index contributed by atoms with van der Waals surface area (Å²) in [5.41, 5.74) is 0. The molecular weight excluding hydrogens is 252 g/mol. The second-order valence-electron chi connectivity index (χ2n) is 2.88. The topological polar surface area (TPSA) is 87.7 Å². The minimum Gasteiger partial charge on any atom is -0.366 e. The first-order valence-corrected chi connectivity index (χ1v) is 6.07. The van der Waals surface area contributed by atoms with Crippen molar-refractivity contribution in [1.29, 1.82) is 0 Å². The molecule has 0 aliphatic rings. The van der Waals surface area contributed by atoms with Crippen LogP contribution in [-0.2, 0) is 10.0 Å². The lowest BCUT2D eigenvalue weighted by molar-refractivity contribution is 0.601. The Morgan fingerprint density at radius 1 is 1.38 bits per heavy atom. The molecule has 0 unspecified atom stereocenters. The van der Waals surface area contributed by atoms with Gasteiger partial charge in [-0.2, -0.15) is 0 Å². The van der Waals surface area contributed by atoms with Crippen LogP contribution in [0.2, 0.25) is 5.15 Å². The standard InChI is InChI=1S/C8H7ClN4O2S/c9-7-4-11-5-8(12-7)13-16(14,15)6-1-2-10-3-6/h1-5,10H,(H,12,13). The van der Waals surface area contributed by atoms with Crippen molar-refractivity contribution in [3.63, 3.8) is 0 Å². The third-order valence-electron chi connectivity index (χ3n) is 1.72. The molecular formula is C8H7ClN4O2S. The highest BCUT2D eigenvalue weighted by molar-refractivity contribution is 7.92. The average Bonchev–Trinajstić information content (AvgIpc) is 2.69. The number of rotatable bonds is 3. The van der Waals surface area contributed by atoms with Gasteiger partial charge < -0.3 is 4.98 Å². The van der Waals surface area contributed by atoms with Crippen LogP contribution >= 0.6 is 11.6 Å². The van der Waals surface area contributed by atoms with E-state index in [0.717, 1.165) is 0 Å². The molecule has 0 aliphatic carbocycles. The van der Waals surface area contributed by atoms with Gasteiger partial charge in [-0.25, -0.2) is 13.4 Å². The van der Waals surface area contributed by atoms with Crippen LogP contribution in [0.1, 0.15) is 0 Å². The van der Waals surface area contributed by atoms with Gasteiger partial charge in [0.1, 0.15) is 10.0 Å². The zero-order valence-corrected chi connectivity index (χ0v) is 9.46. The highest BCUT2D eigenvalue weighted by Crippen LogP contribution is 2.13. The zero-order chi connectivity index (χ0) is 11.6. The number of hydrogen-bond donors (Lipinski definition) is 2. The van der Waals surface area contributed by atoms with Gasteiger partial charge in [0.2, 0.25) is 0 Å². The number of aromatic nitrogens is 3. The number of halogens is 1. The molecule has 84 valence electrons. The molecule has 0 bridgehead atoms. The molecule has 0 fully saturated rings. The first-order chi connectivity index (χ1) is 7.58. The van der Waals surface area contributed by atoms with Gasteiger partial charge in [0.15, 0.2) is 5.82 Å². The van der Waals surface area contributed by atoms with Crippen LogP contribution in [0, 0.1) is 0 Å². The van der Waals surface area contributed by atoms with Gasteiger partial charge in [-0.15, -0.1) is 0 Å². The van der Waals surface area contributed by atoms with E-state index in [9.17, 15) is 8.42 Å². The maximum Gasteiger partial charge on any atom is 0.264 e. The van der Waals surface area contributed by atoms with E-state index in [0.29, 0.717) is 0 Å². The summed E-state index contributed by atoms with van der Waals surface area (Å²) in [6, 6.07) is 1.43. The van der Waals surface area contributed by atoms with E-state index >= 15 is 0 Å². The van der Waals surface area contributed by atoms with Gasteiger partial charge >= 0.3 is 0 Å². The Hall–Kier alpha value is -1.60. The second kappa shape index (κ2) is 4.11. The van der Waals surface area contributed by atoms with Gasteiger partial charge in [-0.3, -0.25) is 9.71 Å². The van der Waals surface area contributed by atoms with Gasteiger partial charge in [-0.1, -0.05) is 11.6 Å². The summed E-state index contributed by atoms with van der Waals surface area (Å²) in [6.07, 6.45) is 5.46. The number of H-pyrrole nitrogens is 1. The summed E-state index contributed by atoms with van der Waals surface area (Å²) >= 11 is 5.58. The monoisotopic (exact) mass is 258 g/mol. The summed E-state index contributed by atoms with van der Waals surface area (Å²) in [7, 11) is -3.63. The Morgan fingerprint density at radius 3 is 2.81 bits per heavy atom. The van der Waals surface area contributed by atoms with Gasteiger partial charge in [0.05, 0.1) is 12.4 Å². The van der Waals surface area contributed by atoms with Crippen molar-refractivity contribution in [3.8, 4) is 0 Å². The minimum atomic E-state index is -3.63. The van der Waals surface area contributed by atoms with Crippen molar-refractivity contribution in [1.82, 2.24) is 15.0 Å². The SMILES string of the molecule is O=S(=O)(Nc1cncc(Cl)n1)c1cc[nH]c1. The number of aromatic amines is 1. The van der Waals surface area contributed by atoms with E-state index in [1.807, 2.05) is 0 Å². The van der Waals surface area contributed by atoms with Gasteiger partial charge in [0, 0.05) is 12.4 Å². The van der Waals surface area contributed by atoms with Crippen molar-refractivity contribution in [2.45, 2.75) is 4.90 Å². The molecule has 0 aromatic carbocycles. The third-order valence-corrected chi connectivity index (χ3v) is 3.26. The predicted octanol–water partition coefficient (Wildman–Crippen LogP) is 1.26. The van der Waals surface area contributed by atoms with Crippen LogP contribution in [0.3, 0.4) is 0 Å². The fourth-order valence-corrected chi connectivity index (χ4v) is 2.17. The smallest absolute Gasteiger partial charge is 0.264 e. The molecule has 16 heavy (non-hydrogen) atoms. The van der Waals surface area contributed by atoms with Crippen LogP contribution < -0.4 is 4.72 Å². The van der Waals surface area contributed by atoms with Crippen molar-refractivity contribution >= 4 is 27.4 Å². The fraction of sp³-hybridized carbons (Fsp3) is 0. The maximum absolute atomic E-state index is 11.7. The lowest BCUT2D eigenvalue weighted by atomic mass is 10.7. The molecule has 2 rings (SSSR count). The van der Waals surface area contributed by atoms with Crippen molar-refractivity contribution < 1.29 is 8.42 Å². The summed E-state index contributed by atoms with van der Waals surface area (Å²) in [4.78, 5) is 10.3. The quantitative estimate of drug-likeness (QED) is 0.868. The first-order valence-electron chi connectivity index (χ1n) is 4.21. The van der Waals surface area contributed by atoms with Crippen LogP contribution in [-0.4, -0.2) is 23.4 Å². The second-order valence-corrected chi connectivity index (χ2v) is 4.95. The van der Waals surface area contributed by atoms with Gasteiger partial charge in [0.25, 0.3) is 10.0 Å². The maximum atomic E-state index is 11.7. The number of nitrogens with zero attached hydrogens (tertiary/aromatic N) is 2.